The number of nitrogens with zero attached hydrogens (tertiary/aromatic N) is 1. The third-order valence-corrected chi connectivity index (χ3v) is 3.10. The molecule has 0 spiro atoms. The monoisotopic (exact) mass is 350 g/mol. The van der Waals surface area contributed by atoms with Crippen LogP contribution in [0.25, 0.3) is 0 Å². The van der Waals surface area contributed by atoms with E-state index in [1.165, 1.54) is 6.20 Å². The molecule has 0 bridgehead atoms. The van der Waals surface area contributed by atoms with Gasteiger partial charge in [-0.3, -0.25) is 9.78 Å². The number of carboxylic acids is 1. The number of aromatic nitrogens is 1. The van der Waals surface area contributed by atoms with E-state index in [-0.39, 0.29) is 12.3 Å². The van der Waals surface area contributed by atoms with E-state index in [1.807, 2.05) is 0 Å². The highest BCUT2D eigenvalue weighted by atomic mass is 16.6. The minimum atomic E-state index is -1.37. The lowest BCUT2D eigenvalue weighted by Gasteiger charge is -2.24. The molecule has 1 aromatic rings. The van der Waals surface area contributed by atoms with Gasteiger partial charge in [0.05, 0.1) is 17.6 Å². The molecule has 0 unspecified atom stereocenters. The van der Waals surface area contributed by atoms with Gasteiger partial charge in [0.25, 0.3) is 5.91 Å². The largest absolute Gasteiger partial charge is 0.548 e. The molecule has 1 heterocycles. The van der Waals surface area contributed by atoms with Gasteiger partial charge in [0.2, 0.25) is 0 Å². The molecule has 0 fully saturated rings. The lowest BCUT2D eigenvalue weighted by molar-refractivity contribution is -0.308. The number of ether oxygens (including phenoxy) is 1. The molecule has 1 atom stereocenters. The van der Waals surface area contributed by atoms with Crippen molar-refractivity contribution in [2.24, 2.45) is 0 Å². The first-order valence-corrected chi connectivity index (χ1v) is 8.07. The van der Waals surface area contributed by atoms with Crippen molar-refractivity contribution < 1.29 is 24.2 Å². The van der Waals surface area contributed by atoms with Crippen molar-refractivity contribution in [3.05, 3.63) is 30.1 Å². The maximum absolute atomic E-state index is 11.8. The van der Waals surface area contributed by atoms with E-state index in [4.69, 9.17) is 4.74 Å². The highest BCUT2D eigenvalue weighted by Gasteiger charge is 2.19. The number of hydrogen-bond donors (Lipinski definition) is 2. The van der Waals surface area contributed by atoms with Crippen LogP contribution in [0, 0.1) is 0 Å². The van der Waals surface area contributed by atoms with Gasteiger partial charge in [0.1, 0.15) is 5.60 Å². The van der Waals surface area contributed by atoms with Crippen LogP contribution >= 0.6 is 0 Å². The summed E-state index contributed by atoms with van der Waals surface area (Å²) in [6.07, 6.45) is 3.48. The van der Waals surface area contributed by atoms with Crippen molar-refractivity contribution in [2.45, 2.75) is 51.7 Å². The van der Waals surface area contributed by atoms with Crippen LogP contribution in [-0.4, -0.2) is 41.1 Å². The predicted octanol–water partition coefficient (Wildman–Crippen LogP) is 0.625. The van der Waals surface area contributed by atoms with Crippen molar-refractivity contribution in [3.63, 3.8) is 0 Å². The molecule has 0 aliphatic rings. The molecule has 8 nitrogen and oxygen atoms in total. The van der Waals surface area contributed by atoms with Crippen LogP contribution in [0.5, 0.6) is 0 Å². The molecule has 0 aliphatic carbocycles. The number of rotatable bonds is 8. The first-order chi connectivity index (χ1) is 11.7. The number of aliphatic carboxylic acids is 1. The fourth-order valence-electron chi connectivity index (χ4n) is 1.97. The van der Waals surface area contributed by atoms with Gasteiger partial charge < -0.3 is 25.3 Å². The van der Waals surface area contributed by atoms with Gasteiger partial charge in [0, 0.05) is 18.9 Å². The Bertz CT molecular complexity index is 584. The Labute approximate surface area is 147 Å². The van der Waals surface area contributed by atoms with E-state index >= 15 is 0 Å². The molecule has 0 radical (unpaired) electrons. The van der Waals surface area contributed by atoms with Gasteiger partial charge in [0.15, 0.2) is 0 Å². The van der Waals surface area contributed by atoms with Crippen LogP contribution in [0.4, 0.5) is 4.79 Å². The van der Waals surface area contributed by atoms with Gasteiger partial charge in [-0.05, 0) is 52.2 Å². The topological polar surface area (TPSA) is 120 Å². The Morgan fingerprint density at radius 3 is 2.56 bits per heavy atom. The summed E-state index contributed by atoms with van der Waals surface area (Å²) in [6.45, 7) is 5.45. The van der Waals surface area contributed by atoms with Crippen molar-refractivity contribution in [1.29, 1.82) is 0 Å². The summed E-state index contributed by atoms with van der Waals surface area (Å²) < 4.78 is 5.02. The van der Waals surface area contributed by atoms with Gasteiger partial charge in [-0.15, -0.1) is 0 Å². The molecule has 1 aromatic heterocycles. The lowest BCUT2D eigenvalue weighted by atomic mass is 10.1. The number of carboxylic acid groups (broad SMARTS) is 1. The highest BCUT2D eigenvalue weighted by molar-refractivity contribution is 5.93. The molecular weight excluding hydrogens is 326 g/mol. The summed E-state index contributed by atoms with van der Waals surface area (Å²) in [5, 5.41) is 16.1. The normalized spacial score (nSPS) is 12.1. The molecule has 2 N–H and O–H groups in total. The molecule has 25 heavy (non-hydrogen) atoms. The van der Waals surface area contributed by atoms with E-state index in [1.54, 1.807) is 39.1 Å². The smallest absolute Gasteiger partial charge is 0.408 e. The Balaban J connectivity index is 2.30. The average Bonchev–Trinajstić information content (AvgIpc) is 2.52. The Kier molecular flexibility index (Phi) is 7.84. The minimum Gasteiger partial charge on any atom is -0.548 e. The van der Waals surface area contributed by atoms with E-state index in [0.717, 1.165) is 0 Å². The number of hydrogen-bond acceptors (Lipinski definition) is 6. The van der Waals surface area contributed by atoms with Gasteiger partial charge in [-0.25, -0.2) is 4.79 Å². The maximum Gasteiger partial charge on any atom is 0.408 e. The third kappa shape index (κ3) is 8.69. The predicted molar refractivity (Wildman–Crippen MR) is 88.6 cm³/mol. The Hall–Kier alpha value is -2.64. The maximum atomic E-state index is 11.8. The second-order valence-corrected chi connectivity index (χ2v) is 6.51. The molecular formula is C17H24N3O5-. The van der Waals surface area contributed by atoms with Gasteiger partial charge >= 0.3 is 6.09 Å². The molecule has 8 heteroatoms. The second kappa shape index (κ2) is 9.61. The number of nitrogens with one attached hydrogen (secondary N) is 2. The SMILES string of the molecule is CC(C)(C)OC(=O)N[C@@H](CCCCNC(=O)c1cccnc1)C(=O)[O-]. The van der Waals surface area contributed by atoms with Crippen LogP contribution in [-0.2, 0) is 9.53 Å². The van der Waals surface area contributed by atoms with Crippen molar-refractivity contribution in [3.8, 4) is 0 Å². The van der Waals surface area contributed by atoms with Crippen molar-refractivity contribution >= 4 is 18.0 Å². The van der Waals surface area contributed by atoms with Crippen LogP contribution < -0.4 is 15.7 Å². The van der Waals surface area contributed by atoms with Gasteiger partial charge in [-0.1, -0.05) is 0 Å². The third-order valence-electron chi connectivity index (χ3n) is 3.10. The first-order valence-electron chi connectivity index (χ1n) is 8.07. The fourth-order valence-corrected chi connectivity index (χ4v) is 1.97. The van der Waals surface area contributed by atoms with Crippen molar-refractivity contribution in [2.75, 3.05) is 6.54 Å². The zero-order chi connectivity index (χ0) is 18.9. The van der Waals surface area contributed by atoms with Crippen LogP contribution in [0.3, 0.4) is 0 Å². The van der Waals surface area contributed by atoms with Gasteiger partial charge in [-0.2, -0.15) is 0 Å². The van der Waals surface area contributed by atoms with E-state index < -0.39 is 23.7 Å². The zero-order valence-corrected chi connectivity index (χ0v) is 14.7. The summed E-state index contributed by atoms with van der Waals surface area (Å²) in [6, 6.07) is 2.19. The standard InChI is InChI=1S/C17H25N3O5/c1-17(2,3)25-16(24)20-13(15(22)23)8-4-5-10-19-14(21)12-7-6-9-18-11-12/h6-7,9,11,13H,4-5,8,10H2,1-3H3,(H,19,21)(H,20,24)(H,22,23)/p-1/t13-/m0/s1. The Morgan fingerprint density at radius 2 is 2.00 bits per heavy atom. The summed E-state index contributed by atoms with van der Waals surface area (Å²) >= 11 is 0. The number of carbonyl (C=O) groups excluding carboxylic acids is 3. The summed E-state index contributed by atoms with van der Waals surface area (Å²) in [7, 11) is 0. The summed E-state index contributed by atoms with van der Waals surface area (Å²) in [4.78, 5) is 38.4. The minimum absolute atomic E-state index is 0.185. The molecule has 2 amide bonds. The number of alkyl carbamates (subject to hydrolysis) is 1. The molecule has 138 valence electrons. The molecule has 1 rings (SSSR count). The number of carbonyl (C=O) groups is 3. The second-order valence-electron chi connectivity index (χ2n) is 6.51. The van der Waals surface area contributed by atoms with E-state index in [0.29, 0.717) is 24.9 Å². The summed E-state index contributed by atoms with van der Waals surface area (Å²) in [5.74, 6) is -1.61. The first kappa shape index (κ1) is 20.4. The van der Waals surface area contributed by atoms with Crippen LogP contribution in [0.15, 0.2) is 24.5 Å². The van der Waals surface area contributed by atoms with Crippen LogP contribution in [0.2, 0.25) is 0 Å². The fraction of sp³-hybridized carbons (Fsp3) is 0.529. The zero-order valence-electron chi connectivity index (χ0n) is 14.7. The summed E-state index contributed by atoms with van der Waals surface area (Å²) in [5.41, 5.74) is -0.251. The molecule has 0 aromatic carbocycles. The average molecular weight is 350 g/mol. The quantitative estimate of drug-likeness (QED) is 0.663. The molecule has 0 aliphatic heterocycles. The van der Waals surface area contributed by atoms with E-state index in [2.05, 4.69) is 15.6 Å². The van der Waals surface area contributed by atoms with Crippen LogP contribution in [0.1, 0.15) is 50.4 Å². The Morgan fingerprint density at radius 1 is 1.28 bits per heavy atom. The number of unbranched alkanes of at least 4 members (excludes halogenated alkanes) is 1. The van der Waals surface area contributed by atoms with E-state index in [9.17, 15) is 19.5 Å². The number of pyridine rings is 1. The highest BCUT2D eigenvalue weighted by Crippen LogP contribution is 2.08. The van der Waals surface area contributed by atoms with Crippen molar-refractivity contribution in [1.82, 2.24) is 15.6 Å². The molecule has 0 saturated carbocycles. The molecule has 0 saturated heterocycles. The number of amides is 2. The lowest BCUT2D eigenvalue weighted by Crippen LogP contribution is -2.49.